The summed E-state index contributed by atoms with van der Waals surface area (Å²) < 4.78 is 1.45. The van der Waals surface area contributed by atoms with Gasteiger partial charge in [-0.25, -0.2) is 0 Å². The van der Waals surface area contributed by atoms with Gasteiger partial charge in [-0.15, -0.1) is 0 Å². The van der Waals surface area contributed by atoms with Gasteiger partial charge in [0.2, 0.25) is 11.8 Å². The number of carbonyl (C=O) groups excluding carboxylic acids is 2. The highest BCUT2D eigenvalue weighted by Gasteiger charge is 2.26. The molecule has 2 aromatic rings. The first-order chi connectivity index (χ1) is 9.63. The lowest BCUT2D eigenvalue weighted by Gasteiger charge is -2.29. The van der Waals surface area contributed by atoms with E-state index < -0.39 is 0 Å². The first kappa shape index (κ1) is 12.2. The van der Waals surface area contributed by atoms with E-state index >= 15 is 0 Å². The van der Waals surface area contributed by atoms with Crippen molar-refractivity contribution in [3.8, 4) is 0 Å². The van der Waals surface area contributed by atoms with Gasteiger partial charge >= 0.3 is 0 Å². The number of nitrogens with one attached hydrogen (secondary N) is 1. The van der Waals surface area contributed by atoms with E-state index in [4.69, 9.17) is 5.73 Å². The lowest BCUT2D eigenvalue weighted by Crippen LogP contribution is -2.43. The smallest absolute Gasteiger partial charge is 0.249 e. The summed E-state index contributed by atoms with van der Waals surface area (Å²) in [6.07, 6.45) is 3.05. The van der Waals surface area contributed by atoms with Crippen LogP contribution in [0.15, 0.2) is 36.7 Å². The van der Waals surface area contributed by atoms with E-state index in [1.807, 2.05) is 6.07 Å². The number of amides is 2. The second kappa shape index (κ2) is 4.69. The zero-order chi connectivity index (χ0) is 14.1. The second-order valence-corrected chi connectivity index (χ2v) is 4.52. The normalized spacial score (nSPS) is 13.8. The molecule has 2 amide bonds. The van der Waals surface area contributed by atoms with Crippen LogP contribution in [0.2, 0.25) is 0 Å². The fourth-order valence-corrected chi connectivity index (χ4v) is 2.15. The van der Waals surface area contributed by atoms with Gasteiger partial charge in [0.25, 0.3) is 0 Å². The molecular formula is C13H13N5O2. The van der Waals surface area contributed by atoms with Crippen molar-refractivity contribution < 1.29 is 9.59 Å². The third-order valence-corrected chi connectivity index (χ3v) is 3.02. The molecule has 0 saturated carbocycles. The third kappa shape index (κ3) is 2.20. The van der Waals surface area contributed by atoms with E-state index in [9.17, 15) is 9.59 Å². The Hall–Kier alpha value is -2.83. The molecule has 7 nitrogen and oxygen atoms in total. The van der Waals surface area contributed by atoms with Crippen LogP contribution in [-0.2, 0) is 16.1 Å². The van der Waals surface area contributed by atoms with Gasteiger partial charge in [0, 0.05) is 6.20 Å². The molecular weight excluding hydrogens is 258 g/mol. The summed E-state index contributed by atoms with van der Waals surface area (Å²) in [5.74, 6) is -0.424. The van der Waals surface area contributed by atoms with E-state index in [0.29, 0.717) is 17.1 Å². The highest BCUT2D eigenvalue weighted by atomic mass is 16.2. The van der Waals surface area contributed by atoms with Crippen molar-refractivity contribution in [3.05, 3.63) is 36.7 Å². The van der Waals surface area contributed by atoms with Crippen molar-refractivity contribution in [2.24, 2.45) is 0 Å². The minimum atomic E-state index is -0.213. The Morgan fingerprint density at radius 1 is 1.40 bits per heavy atom. The Bertz CT molecular complexity index is 679. The molecule has 102 valence electrons. The summed E-state index contributed by atoms with van der Waals surface area (Å²) in [4.78, 5) is 25.4. The predicted octanol–water partition coefficient (Wildman–Crippen LogP) is 0.451. The molecule has 0 atom stereocenters. The molecule has 1 aliphatic rings. The molecule has 0 radical (unpaired) electrons. The number of fused-ring (bicyclic) bond motifs is 1. The Kier molecular flexibility index (Phi) is 2.86. The van der Waals surface area contributed by atoms with Crippen molar-refractivity contribution in [1.82, 2.24) is 9.78 Å². The van der Waals surface area contributed by atoms with Gasteiger partial charge in [-0.3, -0.25) is 19.2 Å². The molecule has 0 saturated heterocycles. The van der Waals surface area contributed by atoms with Crippen molar-refractivity contribution in [2.75, 3.05) is 22.5 Å². The average Bonchev–Trinajstić information content (AvgIpc) is 2.83. The number of benzene rings is 1. The van der Waals surface area contributed by atoms with Crippen LogP contribution in [0.1, 0.15) is 0 Å². The number of hydrogen-bond acceptors (Lipinski definition) is 4. The summed E-state index contributed by atoms with van der Waals surface area (Å²) in [6, 6.07) is 7.19. The summed E-state index contributed by atoms with van der Waals surface area (Å²) in [6.45, 7) is 0.0470. The first-order valence-corrected chi connectivity index (χ1v) is 6.10. The van der Waals surface area contributed by atoms with Gasteiger partial charge in [-0.05, 0) is 12.1 Å². The molecule has 7 heteroatoms. The molecule has 20 heavy (non-hydrogen) atoms. The molecule has 0 spiro atoms. The van der Waals surface area contributed by atoms with Crippen molar-refractivity contribution in [2.45, 2.75) is 6.54 Å². The van der Waals surface area contributed by atoms with Crippen LogP contribution in [0.3, 0.4) is 0 Å². The molecule has 1 aliphatic heterocycles. The SMILES string of the molecule is Nc1cnn(CC(=O)N2CC(=O)Nc3ccccc32)c1. The topological polar surface area (TPSA) is 93.2 Å². The number of aromatic nitrogens is 2. The number of anilines is 3. The predicted molar refractivity (Wildman–Crippen MR) is 74.1 cm³/mol. The van der Waals surface area contributed by atoms with Gasteiger partial charge < -0.3 is 11.1 Å². The molecule has 1 aromatic carbocycles. The number of nitrogens with two attached hydrogens (primary N) is 1. The van der Waals surface area contributed by atoms with Gasteiger partial charge in [0.05, 0.1) is 23.3 Å². The summed E-state index contributed by atoms with van der Waals surface area (Å²) in [5, 5.41) is 6.71. The van der Waals surface area contributed by atoms with E-state index in [1.54, 1.807) is 24.4 Å². The number of rotatable bonds is 2. The number of nitrogen functional groups attached to an aromatic ring is 1. The Balaban J connectivity index is 1.86. The lowest BCUT2D eigenvalue weighted by molar-refractivity contribution is -0.122. The van der Waals surface area contributed by atoms with Crippen LogP contribution in [0, 0.1) is 0 Å². The molecule has 0 aliphatic carbocycles. The van der Waals surface area contributed by atoms with Gasteiger partial charge in [-0.1, -0.05) is 12.1 Å². The fourth-order valence-electron chi connectivity index (χ4n) is 2.15. The highest BCUT2D eigenvalue weighted by Crippen LogP contribution is 2.28. The fraction of sp³-hybridized carbons (Fsp3) is 0.154. The molecule has 3 N–H and O–H groups in total. The minimum absolute atomic E-state index is 0.00655. The molecule has 0 fully saturated rings. The molecule has 3 rings (SSSR count). The van der Waals surface area contributed by atoms with Crippen molar-refractivity contribution >= 4 is 28.9 Å². The zero-order valence-corrected chi connectivity index (χ0v) is 10.6. The van der Waals surface area contributed by atoms with Crippen LogP contribution >= 0.6 is 0 Å². The third-order valence-electron chi connectivity index (χ3n) is 3.02. The van der Waals surface area contributed by atoms with Gasteiger partial charge in [0.1, 0.15) is 13.1 Å². The molecule has 0 unspecified atom stereocenters. The van der Waals surface area contributed by atoms with E-state index in [-0.39, 0.29) is 24.9 Å². The summed E-state index contributed by atoms with van der Waals surface area (Å²) in [7, 11) is 0. The lowest BCUT2D eigenvalue weighted by atomic mass is 10.2. The van der Waals surface area contributed by atoms with Crippen LogP contribution in [0.25, 0.3) is 0 Å². The van der Waals surface area contributed by atoms with Crippen LogP contribution < -0.4 is 16.0 Å². The van der Waals surface area contributed by atoms with E-state index in [1.165, 1.54) is 15.8 Å². The van der Waals surface area contributed by atoms with Crippen molar-refractivity contribution in [1.29, 1.82) is 0 Å². The number of carbonyl (C=O) groups is 2. The Morgan fingerprint density at radius 2 is 2.20 bits per heavy atom. The molecule has 2 heterocycles. The Morgan fingerprint density at radius 3 is 2.95 bits per heavy atom. The average molecular weight is 271 g/mol. The van der Waals surface area contributed by atoms with E-state index in [0.717, 1.165) is 0 Å². The van der Waals surface area contributed by atoms with Crippen LogP contribution in [0.4, 0.5) is 17.1 Å². The summed E-state index contributed by atoms with van der Waals surface area (Å²) in [5.41, 5.74) is 7.38. The van der Waals surface area contributed by atoms with Gasteiger partial charge in [0.15, 0.2) is 0 Å². The molecule has 0 bridgehead atoms. The maximum absolute atomic E-state index is 12.3. The van der Waals surface area contributed by atoms with Crippen LogP contribution in [0.5, 0.6) is 0 Å². The van der Waals surface area contributed by atoms with E-state index in [2.05, 4.69) is 10.4 Å². The highest BCUT2D eigenvalue weighted by molar-refractivity contribution is 6.09. The standard InChI is InChI=1S/C13H13N5O2/c14-9-5-15-17(6-9)8-13(20)18-7-12(19)16-10-3-1-2-4-11(10)18/h1-6H,7-8,14H2,(H,16,19). The maximum Gasteiger partial charge on any atom is 0.249 e. The quantitative estimate of drug-likeness (QED) is 0.829. The Labute approximate surface area is 115 Å². The monoisotopic (exact) mass is 271 g/mol. The molecule has 1 aromatic heterocycles. The second-order valence-electron chi connectivity index (χ2n) is 4.52. The maximum atomic E-state index is 12.3. The van der Waals surface area contributed by atoms with Crippen LogP contribution in [-0.4, -0.2) is 28.1 Å². The number of para-hydroxylation sites is 2. The number of hydrogen-bond donors (Lipinski definition) is 2. The minimum Gasteiger partial charge on any atom is -0.396 e. The number of nitrogens with zero attached hydrogens (tertiary/aromatic N) is 3. The largest absolute Gasteiger partial charge is 0.396 e. The first-order valence-electron chi connectivity index (χ1n) is 6.10. The summed E-state index contributed by atoms with van der Waals surface area (Å²) >= 11 is 0. The van der Waals surface area contributed by atoms with Gasteiger partial charge in [-0.2, -0.15) is 5.10 Å². The van der Waals surface area contributed by atoms with Crippen molar-refractivity contribution in [3.63, 3.8) is 0 Å². The zero-order valence-electron chi connectivity index (χ0n) is 10.6.